The maximum Gasteiger partial charge on any atom is 0.326 e. The van der Waals surface area contributed by atoms with Crippen LogP contribution >= 0.6 is 0 Å². The number of nitrogens with zero attached hydrogens (tertiary/aromatic N) is 1. The minimum atomic E-state index is -0.408. The van der Waals surface area contributed by atoms with Crippen LogP contribution in [0.25, 0.3) is 0 Å². The quantitative estimate of drug-likeness (QED) is 0.755. The van der Waals surface area contributed by atoms with E-state index >= 15 is 0 Å². The number of esters is 1. The largest absolute Gasteiger partial charge is 0.468 e. The topological polar surface area (TPSA) is 41.6 Å². The Morgan fingerprint density at radius 1 is 1.30 bits per heavy atom. The molecule has 2 atom stereocenters. The predicted octanol–water partition coefficient (Wildman–Crippen LogP) is 1.93. The van der Waals surface area contributed by atoms with Crippen LogP contribution in [0.1, 0.15) is 51.4 Å². The molecule has 0 aliphatic heterocycles. The number of ether oxygens (including phenoxy) is 1. The first kappa shape index (κ1) is 14.3. The van der Waals surface area contributed by atoms with E-state index in [-0.39, 0.29) is 5.97 Å². The second-order valence-electron chi connectivity index (χ2n) is 7.13. The van der Waals surface area contributed by atoms with E-state index in [1.165, 1.54) is 45.8 Å². The highest BCUT2D eigenvalue weighted by atomic mass is 16.5. The van der Waals surface area contributed by atoms with Crippen molar-refractivity contribution >= 4 is 5.97 Å². The number of nitrogens with one attached hydrogen (secondary N) is 1. The molecule has 0 aromatic rings. The molecular weight excluding hydrogens is 252 g/mol. The number of methoxy groups -OCH3 is 1. The molecule has 0 amide bonds. The van der Waals surface area contributed by atoms with Crippen LogP contribution in [0.15, 0.2) is 0 Å². The minimum absolute atomic E-state index is 0.0519. The second kappa shape index (κ2) is 5.64. The van der Waals surface area contributed by atoms with Gasteiger partial charge in [0.1, 0.15) is 5.54 Å². The van der Waals surface area contributed by atoms with Gasteiger partial charge >= 0.3 is 5.97 Å². The molecule has 3 aliphatic rings. The summed E-state index contributed by atoms with van der Waals surface area (Å²) in [5.74, 6) is 0.841. The zero-order chi connectivity index (χ0) is 14.2. The van der Waals surface area contributed by atoms with Crippen LogP contribution in [0.5, 0.6) is 0 Å². The fourth-order valence-electron chi connectivity index (χ4n) is 3.82. The van der Waals surface area contributed by atoms with Gasteiger partial charge in [-0.15, -0.1) is 0 Å². The van der Waals surface area contributed by atoms with Gasteiger partial charge in [0.05, 0.1) is 7.11 Å². The molecule has 4 heteroatoms. The molecule has 1 N–H and O–H groups in total. The van der Waals surface area contributed by atoms with Crippen LogP contribution in [0.4, 0.5) is 0 Å². The predicted molar refractivity (Wildman–Crippen MR) is 78.5 cm³/mol. The monoisotopic (exact) mass is 280 g/mol. The third-order valence-corrected chi connectivity index (χ3v) is 5.52. The van der Waals surface area contributed by atoms with E-state index in [1.54, 1.807) is 0 Å². The first-order valence-electron chi connectivity index (χ1n) is 8.19. The standard InChI is InChI=1S/C16H28N2O2/c1-18(11-12-4-3-5-12)14-8-9-16(10-14,15(19)20-2)17-13-6-7-13/h12-14,17H,3-11H2,1-2H3. The van der Waals surface area contributed by atoms with E-state index in [2.05, 4.69) is 17.3 Å². The van der Waals surface area contributed by atoms with E-state index in [0.29, 0.717) is 12.1 Å². The number of hydrogen-bond donors (Lipinski definition) is 1. The first-order valence-corrected chi connectivity index (χ1v) is 8.19. The van der Waals surface area contributed by atoms with Crippen molar-refractivity contribution < 1.29 is 9.53 Å². The summed E-state index contributed by atoms with van der Waals surface area (Å²) >= 11 is 0. The van der Waals surface area contributed by atoms with Crippen molar-refractivity contribution in [1.82, 2.24) is 10.2 Å². The smallest absolute Gasteiger partial charge is 0.326 e. The van der Waals surface area contributed by atoms with Gasteiger partial charge in [0.15, 0.2) is 0 Å². The summed E-state index contributed by atoms with van der Waals surface area (Å²) in [7, 11) is 3.75. The lowest BCUT2D eigenvalue weighted by molar-refractivity contribution is -0.148. The molecule has 20 heavy (non-hydrogen) atoms. The Kier molecular flexibility index (Phi) is 4.04. The molecule has 0 heterocycles. The van der Waals surface area contributed by atoms with Crippen LogP contribution in [0.2, 0.25) is 0 Å². The van der Waals surface area contributed by atoms with E-state index in [9.17, 15) is 4.79 Å². The van der Waals surface area contributed by atoms with Crippen molar-refractivity contribution in [3.05, 3.63) is 0 Å². The summed E-state index contributed by atoms with van der Waals surface area (Å²) in [6.07, 6.45) is 9.55. The highest BCUT2D eigenvalue weighted by Gasteiger charge is 2.49. The Morgan fingerprint density at radius 2 is 2.05 bits per heavy atom. The van der Waals surface area contributed by atoms with Gasteiger partial charge < -0.3 is 9.64 Å². The highest BCUT2D eigenvalue weighted by molar-refractivity contribution is 5.81. The number of rotatable bonds is 6. The van der Waals surface area contributed by atoms with Gasteiger partial charge in [-0.05, 0) is 57.9 Å². The maximum absolute atomic E-state index is 12.3. The van der Waals surface area contributed by atoms with Crippen molar-refractivity contribution in [2.24, 2.45) is 5.92 Å². The lowest BCUT2D eigenvalue weighted by Crippen LogP contribution is -2.53. The van der Waals surface area contributed by atoms with Crippen molar-refractivity contribution in [2.75, 3.05) is 20.7 Å². The zero-order valence-electron chi connectivity index (χ0n) is 12.9. The third-order valence-electron chi connectivity index (χ3n) is 5.52. The molecular formula is C16H28N2O2. The maximum atomic E-state index is 12.3. The number of carbonyl (C=O) groups is 1. The lowest BCUT2D eigenvalue weighted by atomic mass is 9.85. The molecule has 0 saturated heterocycles. The molecule has 3 rings (SSSR count). The minimum Gasteiger partial charge on any atom is -0.468 e. The number of carbonyl (C=O) groups excluding carboxylic acids is 1. The van der Waals surface area contributed by atoms with Gasteiger partial charge in [0.25, 0.3) is 0 Å². The average Bonchev–Trinajstić information content (AvgIpc) is 3.09. The Balaban J connectivity index is 1.60. The Labute approximate surface area is 122 Å². The summed E-state index contributed by atoms with van der Waals surface area (Å²) in [6.45, 7) is 1.20. The normalized spacial score (nSPS) is 34.2. The van der Waals surface area contributed by atoms with Gasteiger partial charge in [-0.3, -0.25) is 10.1 Å². The average molecular weight is 280 g/mol. The molecule has 3 aliphatic carbocycles. The van der Waals surface area contributed by atoms with Crippen molar-refractivity contribution in [3.8, 4) is 0 Å². The molecule has 3 saturated carbocycles. The Bertz CT molecular complexity index is 365. The van der Waals surface area contributed by atoms with Crippen LogP contribution in [0, 0.1) is 5.92 Å². The van der Waals surface area contributed by atoms with E-state index in [4.69, 9.17) is 4.74 Å². The lowest BCUT2D eigenvalue weighted by Gasteiger charge is -2.34. The van der Waals surface area contributed by atoms with Crippen molar-refractivity contribution in [2.45, 2.75) is 69.0 Å². The molecule has 0 aromatic heterocycles. The summed E-state index contributed by atoms with van der Waals surface area (Å²) in [5, 5.41) is 3.58. The molecule has 0 radical (unpaired) electrons. The summed E-state index contributed by atoms with van der Waals surface area (Å²) < 4.78 is 5.09. The van der Waals surface area contributed by atoms with Gasteiger partial charge in [0, 0.05) is 18.6 Å². The van der Waals surface area contributed by atoms with Crippen molar-refractivity contribution in [3.63, 3.8) is 0 Å². The van der Waals surface area contributed by atoms with Crippen molar-refractivity contribution in [1.29, 1.82) is 0 Å². The van der Waals surface area contributed by atoms with E-state index < -0.39 is 5.54 Å². The Morgan fingerprint density at radius 3 is 2.60 bits per heavy atom. The summed E-state index contributed by atoms with van der Waals surface area (Å²) in [6, 6.07) is 1.07. The SMILES string of the molecule is COC(=O)C1(NC2CC2)CCC(N(C)CC2CCC2)C1. The first-order chi connectivity index (χ1) is 9.63. The highest BCUT2D eigenvalue weighted by Crippen LogP contribution is 2.38. The Hall–Kier alpha value is -0.610. The van der Waals surface area contributed by atoms with Crippen LogP contribution in [-0.4, -0.2) is 49.2 Å². The molecule has 4 nitrogen and oxygen atoms in total. The summed E-state index contributed by atoms with van der Waals surface area (Å²) in [5.41, 5.74) is -0.408. The second-order valence-corrected chi connectivity index (χ2v) is 7.13. The van der Waals surface area contributed by atoms with Crippen LogP contribution in [-0.2, 0) is 9.53 Å². The van der Waals surface area contributed by atoms with Gasteiger partial charge in [0.2, 0.25) is 0 Å². The van der Waals surface area contributed by atoms with Crippen LogP contribution < -0.4 is 5.32 Å². The third kappa shape index (κ3) is 2.86. The molecule has 3 fully saturated rings. The van der Waals surface area contributed by atoms with Crippen LogP contribution in [0.3, 0.4) is 0 Å². The van der Waals surface area contributed by atoms with Gasteiger partial charge in [-0.1, -0.05) is 6.42 Å². The fourth-order valence-corrected chi connectivity index (χ4v) is 3.82. The van der Waals surface area contributed by atoms with E-state index in [1.807, 2.05) is 0 Å². The molecule has 2 unspecified atom stereocenters. The number of hydrogen-bond acceptors (Lipinski definition) is 4. The van der Waals surface area contributed by atoms with Gasteiger partial charge in [-0.25, -0.2) is 0 Å². The molecule has 0 aromatic carbocycles. The summed E-state index contributed by atoms with van der Waals surface area (Å²) in [4.78, 5) is 14.7. The fraction of sp³-hybridized carbons (Fsp3) is 0.938. The molecule has 0 spiro atoms. The molecule has 0 bridgehead atoms. The van der Waals surface area contributed by atoms with E-state index in [0.717, 1.165) is 25.2 Å². The zero-order valence-corrected chi connectivity index (χ0v) is 12.9. The molecule has 114 valence electrons. The van der Waals surface area contributed by atoms with Gasteiger partial charge in [-0.2, -0.15) is 0 Å².